The molecule has 3 rings (SSSR count). The highest BCUT2D eigenvalue weighted by atomic mass is 16.5. The number of nitrogens with zero attached hydrogens (tertiary/aromatic N) is 6. The summed E-state index contributed by atoms with van der Waals surface area (Å²) in [5, 5.41) is 10.3. The van der Waals surface area contributed by atoms with Gasteiger partial charge in [0.15, 0.2) is 6.61 Å². The molecule has 0 aliphatic carbocycles. The van der Waals surface area contributed by atoms with Crippen LogP contribution in [0.15, 0.2) is 18.7 Å². The predicted molar refractivity (Wildman–Crippen MR) is 94.5 cm³/mol. The van der Waals surface area contributed by atoms with Crippen molar-refractivity contribution in [2.45, 2.75) is 19.8 Å². The van der Waals surface area contributed by atoms with Crippen molar-refractivity contribution in [3.63, 3.8) is 0 Å². The number of likely N-dealkylation sites (N-methyl/N-ethyl adjacent to an activating group) is 1. The number of carbonyl (C=O) groups is 1. The Balaban J connectivity index is 1.78. The van der Waals surface area contributed by atoms with Gasteiger partial charge in [-0.05, 0) is 13.0 Å². The van der Waals surface area contributed by atoms with Gasteiger partial charge in [-0.25, -0.2) is 4.98 Å². The molecule has 3 heterocycles. The smallest absolute Gasteiger partial charge is 0.260 e. The first kappa shape index (κ1) is 18.1. The molecule has 0 atom stereocenters. The normalized spacial score (nSPS) is 15.5. The topological polar surface area (TPSA) is 96.6 Å². The van der Waals surface area contributed by atoms with Gasteiger partial charge >= 0.3 is 0 Å². The molecule has 9 heteroatoms. The Hall–Kier alpha value is -2.68. The first-order valence-electron chi connectivity index (χ1n) is 8.64. The van der Waals surface area contributed by atoms with Gasteiger partial charge in [0.25, 0.3) is 5.91 Å². The van der Waals surface area contributed by atoms with Crippen molar-refractivity contribution < 1.29 is 14.6 Å². The van der Waals surface area contributed by atoms with E-state index in [-0.39, 0.29) is 36.1 Å². The van der Waals surface area contributed by atoms with Crippen LogP contribution in [0.3, 0.4) is 0 Å². The Kier molecular flexibility index (Phi) is 5.36. The van der Waals surface area contributed by atoms with Gasteiger partial charge in [0.2, 0.25) is 17.7 Å². The summed E-state index contributed by atoms with van der Waals surface area (Å²) in [5.41, 5.74) is 0.486. The zero-order chi connectivity index (χ0) is 18.7. The Morgan fingerprint density at radius 1 is 1.27 bits per heavy atom. The fourth-order valence-corrected chi connectivity index (χ4v) is 2.81. The van der Waals surface area contributed by atoms with E-state index in [0.717, 1.165) is 13.1 Å². The third-order valence-corrected chi connectivity index (χ3v) is 4.38. The molecule has 2 aromatic heterocycles. The number of ether oxygens (including phenoxy) is 1. The molecule has 0 bridgehead atoms. The van der Waals surface area contributed by atoms with E-state index < -0.39 is 0 Å². The molecule has 0 unspecified atom stereocenters. The van der Waals surface area contributed by atoms with Crippen LogP contribution in [0, 0.1) is 0 Å². The van der Waals surface area contributed by atoms with Gasteiger partial charge in [0.1, 0.15) is 6.33 Å². The van der Waals surface area contributed by atoms with Crippen molar-refractivity contribution in [1.29, 1.82) is 0 Å². The maximum Gasteiger partial charge on any atom is 0.260 e. The van der Waals surface area contributed by atoms with Crippen LogP contribution < -0.4 is 4.74 Å². The first-order valence-corrected chi connectivity index (χ1v) is 8.64. The molecule has 2 aromatic rings. The number of carbonyl (C=O) groups excluding carboxylic acids is 1. The lowest BCUT2D eigenvalue weighted by Crippen LogP contribution is -2.48. The van der Waals surface area contributed by atoms with Crippen molar-refractivity contribution in [2.75, 3.05) is 39.8 Å². The summed E-state index contributed by atoms with van der Waals surface area (Å²) in [6.07, 6.45) is 4.79. The molecule has 0 spiro atoms. The van der Waals surface area contributed by atoms with E-state index in [2.05, 4.69) is 19.9 Å². The zero-order valence-electron chi connectivity index (χ0n) is 15.3. The number of imidazole rings is 1. The molecule has 0 radical (unpaired) electrons. The van der Waals surface area contributed by atoms with E-state index in [0.29, 0.717) is 18.7 Å². The van der Waals surface area contributed by atoms with Gasteiger partial charge < -0.3 is 19.6 Å². The molecule has 1 aliphatic heterocycles. The van der Waals surface area contributed by atoms with Gasteiger partial charge in [-0.3, -0.25) is 9.36 Å². The predicted octanol–water partition coefficient (Wildman–Crippen LogP) is 0.644. The van der Waals surface area contributed by atoms with E-state index in [1.54, 1.807) is 21.9 Å². The van der Waals surface area contributed by atoms with Crippen molar-refractivity contribution in [1.82, 2.24) is 29.3 Å². The molecule has 1 aliphatic rings. The van der Waals surface area contributed by atoms with Crippen LogP contribution in [0.25, 0.3) is 5.95 Å². The Morgan fingerprint density at radius 3 is 2.62 bits per heavy atom. The highest BCUT2D eigenvalue weighted by Gasteiger charge is 2.23. The van der Waals surface area contributed by atoms with Crippen molar-refractivity contribution in [3.05, 3.63) is 24.3 Å². The molecular weight excluding hydrogens is 336 g/mol. The molecule has 1 saturated heterocycles. The van der Waals surface area contributed by atoms with Crippen LogP contribution in [-0.4, -0.2) is 80.2 Å². The largest absolute Gasteiger partial charge is 0.493 e. The third-order valence-electron chi connectivity index (χ3n) is 4.38. The number of piperazine rings is 1. The Labute approximate surface area is 152 Å². The molecule has 140 valence electrons. The quantitative estimate of drug-likeness (QED) is 0.836. The number of rotatable bonds is 5. The number of amides is 1. The second kappa shape index (κ2) is 7.69. The van der Waals surface area contributed by atoms with Gasteiger partial charge in [0.05, 0.1) is 5.56 Å². The van der Waals surface area contributed by atoms with Gasteiger partial charge in [-0.2, -0.15) is 9.97 Å². The number of aromatic nitrogens is 4. The number of hydrogen-bond acceptors (Lipinski definition) is 7. The minimum absolute atomic E-state index is 0.0550. The lowest BCUT2D eigenvalue weighted by atomic mass is 10.1. The molecule has 9 nitrogen and oxygen atoms in total. The third kappa shape index (κ3) is 3.93. The highest BCUT2D eigenvalue weighted by molar-refractivity contribution is 5.77. The van der Waals surface area contributed by atoms with E-state index >= 15 is 0 Å². The SMILES string of the molecule is CC(C)c1c(O)nc(-n2ccnc2)nc1OCC(=O)N1CCN(C)CC1. The van der Waals surface area contributed by atoms with Crippen molar-refractivity contribution in [3.8, 4) is 17.7 Å². The summed E-state index contributed by atoms with van der Waals surface area (Å²) in [6, 6.07) is 0. The van der Waals surface area contributed by atoms with E-state index in [1.165, 1.54) is 6.33 Å². The zero-order valence-corrected chi connectivity index (χ0v) is 15.3. The number of hydrogen-bond donors (Lipinski definition) is 1. The van der Waals surface area contributed by atoms with E-state index in [4.69, 9.17) is 4.74 Å². The van der Waals surface area contributed by atoms with Gasteiger partial charge in [-0.15, -0.1) is 0 Å². The summed E-state index contributed by atoms with van der Waals surface area (Å²) in [4.78, 5) is 28.8. The fraction of sp³-hybridized carbons (Fsp3) is 0.529. The molecule has 1 fully saturated rings. The molecule has 1 N–H and O–H groups in total. The van der Waals surface area contributed by atoms with Crippen molar-refractivity contribution >= 4 is 5.91 Å². The molecule has 1 amide bonds. The average Bonchev–Trinajstić information content (AvgIpc) is 3.14. The maximum absolute atomic E-state index is 12.4. The Bertz CT molecular complexity index is 754. The summed E-state index contributed by atoms with van der Waals surface area (Å²) in [7, 11) is 2.04. The monoisotopic (exact) mass is 360 g/mol. The van der Waals surface area contributed by atoms with Gasteiger partial charge in [0, 0.05) is 38.6 Å². The molecule has 0 aromatic carbocycles. The summed E-state index contributed by atoms with van der Waals surface area (Å²) in [5.74, 6) is 0.168. The van der Waals surface area contributed by atoms with Crippen LogP contribution >= 0.6 is 0 Å². The minimum atomic E-state index is -0.152. The molecule has 0 saturated carbocycles. The summed E-state index contributed by atoms with van der Waals surface area (Å²) < 4.78 is 7.28. The van der Waals surface area contributed by atoms with E-state index in [9.17, 15) is 9.90 Å². The lowest BCUT2D eigenvalue weighted by molar-refractivity contribution is -0.135. The molecular formula is C17H24N6O3. The highest BCUT2D eigenvalue weighted by Crippen LogP contribution is 2.32. The summed E-state index contributed by atoms with van der Waals surface area (Å²) >= 11 is 0. The van der Waals surface area contributed by atoms with Crippen LogP contribution in [-0.2, 0) is 4.79 Å². The molecule has 26 heavy (non-hydrogen) atoms. The van der Waals surface area contributed by atoms with Crippen LogP contribution in [0.4, 0.5) is 0 Å². The van der Waals surface area contributed by atoms with Crippen molar-refractivity contribution in [2.24, 2.45) is 0 Å². The van der Waals surface area contributed by atoms with Crippen LogP contribution in [0.1, 0.15) is 25.3 Å². The van der Waals surface area contributed by atoms with E-state index in [1.807, 2.05) is 20.9 Å². The van der Waals surface area contributed by atoms with Crippen LogP contribution in [0.2, 0.25) is 0 Å². The second-order valence-electron chi connectivity index (χ2n) is 6.66. The lowest BCUT2D eigenvalue weighted by Gasteiger charge is -2.32. The van der Waals surface area contributed by atoms with Crippen LogP contribution in [0.5, 0.6) is 11.8 Å². The fourth-order valence-electron chi connectivity index (χ4n) is 2.81. The Morgan fingerprint density at radius 2 is 2.00 bits per heavy atom. The standard InChI is InChI=1S/C17H24N6O3/c1-12(2)14-15(25)19-17(23-5-4-18-11-23)20-16(14)26-10-13(24)22-8-6-21(3)7-9-22/h4-5,11-12H,6-10H2,1-3H3,(H,19,20,25). The minimum Gasteiger partial charge on any atom is -0.493 e. The van der Waals surface area contributed by atoms with Gasteiger partial charge in [-0.1, -0.05) is 13.8 Å². The first-order chi connectivity index (χ1) is 12.5. The number of aromatic hydroxyl groups is 1. The summed E-state index contributed by atoms with van der Waals surface area (Å²) in [6.45, 7) is 6.76. The second-order valence-corrected chi connectivity index (χ2v) is 6.66. The maximum atomic E-state index is 12.4. The average molecular weight is 360 g/mol.